The summed E-state index contributed by atoms with van der Waals surface area (Å²) in [6.07, 6.45) is 1.97. The molecule has 20 heavy (non-hydrogen) atoms. The Labute approximate surface area is 136 Å². The predicted molar refractivity (Wildman–Crippen MR) is 87.5 cm³/mol. The van der Waals surface area contributed by atoms with Crippen LogP contribution < -0.4 is 0 Å². The van der Waals surface area contributed by atoms with Crippen molar-refractivity contribution >= 4 is 57.3 Å². The molecule has 0 aliphatic rings. The number of hydrogen-bond acceptors (Lipinski definition) is 0. The lowest BCUT2D eigenvalue weighted by atomic mass is 10.2. The van der Waals surface area contributed by atoms with Gasteiger partial charge in [0.25, 0.3) is 0 Å². The Morgan fingerprint density at radius 3 is 2.30 bits per heavy atom. The van der Waals surface area contributed by atoms with Crippen molar-refractivity contribution in [2.45, 2.75) is 6.54 Å². The molecule has 0 N–H and O–H groups in total. The molecule has 1 heterocycles. The third kappa shape index (κ3) is 2.64. The maximum atomic E-state index is 6.21. The fourth-order valence-electron chi connectivity index (χ4n) is 2.19. The van der Waals surface area contributed by atoms with Crippen LogP contribution in [0.4, 0.5) is 0 Å². The van der Waals surface area contributed by atoms with Gasteiger partial charge in [0, 0.05) is 33.2 Å². The summed E-state index contributed by atoms with van der Waals surface area (Å²) < 4.78 is 2.06. The molecule has 0 atom stereocenters. The standard InChI is InChI=1S/C15H9Cl4N/c16-10-2-1-9(13(18)5-10)8-20-4-3-12-14(19)6-11(17)7-15(12)20/h1-7H,8H2. The van der Waals surface area contributed by atoms with Gasteiger partial charge < -0.3 is 4.57 Å². The third-order valence-corrected chi connectivity index (χ3v) is 4.28. The maximum absolute atomic E-state index is 6.21. The number of fused-ring (bicyclic) bond motifs is 1. The molecule has 2 aromatic carbocycles. The quantitative estimate of drug-likeness (QED) is 0.513. The van der Waals surface area contributed by atoms with E-state index >= 15 is 0 Å². The number of hydrogen-bond donors (Lipinski definition) is 0. The van der Waals surface area contributed by atoms with Gasteiger partial charge in [-0.25, -0.2) is 0 Å². The molecule has 0 bridgehead atoms. The zero-order valence-corrected chi connectivity index (χ0v) is 13.2. The molecule has 0 spiro atoms. The van der Waals surface area contributed by atoms with Gasteiger partial charge in [0.1, 0.15) is 0 Å². The van der Waals surface area contributed by atoms with Gasteiger partial charge in [-0.3, -0.25) is 0 Å². The summed E-state index contributed by atoms with van der Waals surface area (Å²) in [5.74, 6) is 0. The average molecular weight is 345 g/mol. The summed E-state index contributed by atoms with van der Waals surface area (Å²) in [6, 6.07) is 11.1. The molecule has 0 amide bonds. The molecule has 1 aromatic heterocycles. The fourth-order valence-corrected chi connectivity index (χ4v) is 3.20. The SMILES string of the molecule is Clc1ccc(Cn2ccc3c(Cl)cc(Cl)cc32)c(Cl)c1. The van der Waals surface area contributed by atoms with Crippen LogP contribution in [0.2, 0.25) is 20.1 Å². The normalized spacial score (nSPS) is 11.2. The highest BCUT2D eigenvalue weighted by molar-refractivity contribution is 6.38. The molecule has 3 rings (SSSR count). The predicted octanol–water partition coefficient (Wildman–Crippen LogP) is 6.30. The number of rotatable bonds is 2. The largest absolute Gasteiger partial charge is 0.343 e. The first-order chi connectivity index (χ1) is 9.54. The summed E-state index contributed by atoms with van der Waals surface area (Å²) in [7, 11) is 0. The highest BCUT2D eigenvalue weighted by Gasteiger charge is 2.08. The van der Waals surface area contributed by atoms with E-state index in [1.165, 1.54) is 0 Å². The van der Waals surface area contributed by atoms with Gasteiger partial charge in [-0.1, -0.05) is 52.5 Å². The van der Waals surface area contributed by atoms with Crippen molar-refractivity contribution in [2.75, 3.05) is 0 Å². The molecule has 5 heteroatoms. The molecular formula is C15H9Cl4N. The van der Waals surface area contributed by atoms with Crippen molar-refractivity contribution in [3.05, 3.63) is 68.2 Å². The van der Waals surface area contributed by atoms with Gasteiger partial charge >= 0.3 is 0 Å². The number of nitrogens with zero attached hydrogens (tertiary/aromatic N) is 1. The first-order valence-electron chi connectivity index (χ1n) is 5.92. The molecule has 102 valence electrons. The Bertz CT molecular complexity index is 792. The minimum Gasteiger partial charge on any atom is -0.343 e. The lowest BCUT2D eigenvalue weighted by molar-refractivity contribution is 0.837. The second-order valence-corrected chi connectivity index (χ2v) is 6.19. The number of aromatic nitrogens is 1. The zero-order chi connectivity index (χ0) is 14.3. The van der Waals surface area contributed by atoms with E-state index in [-0.39, 0.29) is 0 Å². The van der Waals surface area contributed by atoms with Crippen LogP contribution in [0.5, 0.6) is 0 Å². The fraction of sp³-hybridized carbons (Fsp3) is 0.0667. The van der Waals surface area contributed by atoms with Crippen LogP contribution in [0.15, 0.2) is 42.6 Å². The van der Waals surface area contributed by atoms with E-state index in [1.54, 1.807) is 12.1 Å². The van der Waals surface area contributed by atoms with E-state index in [2.05, 4.69) is 4.57 Å². The molecule has 0 aliphatic carbocycles. The summed E-state index contributed by atoms with van der Waals surface area (Å²) in [5, 5.41) is 3.51. The Balaban J connectivity index is 2.07. The lowest BCUT2D eigenvalue weighted by Crippen LogP contribution is -1.98. The summed E-state index contributed by atoms with van der Waals surface area (Å²) in [6.45, 7) is 0.635. The van der Waals surface area contributed by atoms with E-state index in [4.69, 9.17) is 46.4 Å². The first-order valence-corrected chi connectivity index (χ1v) is 7.43. The number of benzene rings is 2. The highest BCUT2D eigenvalue weighted by Crippen LogP contribution is 2.30. The second-order valence-electron chi connectivity index (χ2n) is 4.50. The molecular weight excluding hydrogens is 336 g/mol. The van der Waals surface area contributed by atoms with Crippen LogP contribution in [0.1, 0.15) is 5.56 Å². The van der Waals surface area contributed by atoms with Crippen molar-refractivity contribution < 1.29 is 0 Å². The Morgan fingerprint density at radius 1 is 0.800 bits per heavy atom. The first kappa shape index (κ1) is 14.1. The molecule has 0 aliphatic heterocycles. The van der Waals surface area contributed by atoms with Crippen LogP contribution in [0, 0.1) is 0 Å². The van der Waals surface area contributed by atoms with Crippen LogP contribution in [0.25, 0.3) is 10.9 Å². The third-order valence-electron chi connectivity index (χ3n) is 3.16. The average Bonchev–Trinajstić information content (AvgIpc) is 2.76. The van der Waals surface area contributed by atoms with Crippen LogP contribution in [-0.4, -0.2) is 4.57 Å². The molecule has 0 unspecified atom stereocenters. The zero-order valence-electron chi connectivity index (χ0n) is 10.2. The minimum atomic E-state index is 0.615. The Kier molecular flexibility index (Phi) is 3.87. The van der Waals surface area contributed by atoms with Gasteiger partial charge in [0.15, 0.2) is 0 Å². The minimum absolute atomic E-state index is 0.615. The van der Waals surface area contributed by atoms with Crippen molar-refractivity contribution in [3.8, 4) is 0 Å². The summed E-state index contributed by atoms with van der Waals surface area (Å²) in [4.78, 5) is 0. The molecule has 0 fully saturated rings. The van der Waals surface area contributed by atoms with Crippen molar-refractivity contribution in [1.82, 2.24) is 4.57 Å². The van der Waals surface area contributed by atoms with Gasteiger partial charge in [0.05, 0.1) is 10.5 Å². The summed E-state index contributed by atoms with van der Waals surface area (Å²) in [5.41, 5.74) is 1.97. The molecule has 0 radical (unpaired) electrons. The molecule has 1 nitrogen and oxygen atoms in total. The van der Waals surface area contributed by atoms with E-state index in [0.717, 1.165) is 16.5 Å². The van der Waals surface area contributed by atoms with Crippen molar-refractivity contribution in [2.24, 2.45) is 0 Å². The van der Waals surface area contributed by atoms with E-state index < -0.39 is 0 Å². The highest BCUT2D eigenvalue weighted by atomic mass is 35.5. The van der Waals surface area contributed by atoms with E-state index in [0.29, 0.717) is 26.6 Å². The number of halogens is 4. The molecule has 3 aromatic rings. The van der Waals surface area contributed by atoms with Gasteiger partial charge in [0.2, 0.25) is 0 Å². The van der Waals surface area contributed by atoms with E-state index in [9.17, 15) is 0 Å². The summed E-state index contributed by atoms with van der Waals surface area (Å²) >= 11 is 24.4. The maximum Gasteiger partial charge on any atom is 0.0514 e. The van der Waals surface area contributed by atoms with Gasteiger partial charge in [-0.15, -0.1) is 0 Å². The smallest absolute Gasteiger partial charge is 0.0514 e. The van der Waals surface area contributed by atoms with Crippen LogP contribution in [0.3, 0.4) is 0 Å². The van der Waals surface area contributed by atoms with Crippen LogP contribution in [-0.2, 0) is 6.54 Å². The lowest BCUT2D eigenvalue weighted by Gasteiger charge is -2.08. The van der Waals surface area contributed by atoms with E-state index in [1.807, 2.05) is 30.5 Å². The van der Waals surface area contributed by atoms with Crippen molar-refractivity contribution in [1.29, 1.82) is 0 Å². The molecule has 0 saturated carbocycles. The second kappa shape index (κ2) is 5.50. The topological polar surface area (TPSA) is 4.93 Å². The Hall–Kier alpha value is -0.860. The Morgan fingerprint density at radius 2 is 1.55 bits per heavy atom. The monoisotopic (exact) mass is 343 g/mol. The van der Waals surface area contributed by atoms with Crippen molar-refractivity contribution in [3.63, 3.8) is 0 Å². The van der Waals surface area contributed by atoms with Gasteiger partial charge in [-0.2, -0.15) is 0 Å². The van der Waals surface area contributed by atoms with Gasteiger partial charge in [-0.05, 0) is 35.9 Å². The van der Waals surface area contributed by atoms with Crippen LogP contribution >= 0.6 is 46.4 Å². The molecule has 0 saturated heterocycles.